The minimum atomic E-state index is -0.556. The van der Waals surface area contributed by atoms with Crippen molar-refractivity contribution in [3.8, 4) is 22.4 Å². The molecule has 2 aromatic carbocycles. The first-order valence-electron chi connectivity index (χ1n) is 10.4. The van der Waals surface area contributed by atoms with Crippen molar-refractivity contribution in [3.63, 3.8) is 0 Å². The molecule has 4 N–H and O–H groups in total. The number of hydrogen-bond donors (Lipinski definition) is 3. The van der Waals surface area contributed by atoms with Gasteiger partial charge in [-0.15, -0.1) is 0 Å². The van der Waals surface area contributed by atoms with Gasteiger partial charge >= 0.3 is 0 Å². The summed E-state index contributed by atoms with van der Waals surface area (Å²) in [5.41, 5.74) is 8.61. The maximum Gasteiger partial charge on any atom is 0.282 e. The molecule has 0 atom stereocenters. The minimum Gasteiger partial charge on any atom is -0.330 e. The summed E-state index contributed by atoms with van der Waals surface area (Å²) in [6, 6.07) is 15.7. The van der Waals surface area contributed by atoms with Gasteiger partial charge in [0.15, 0.2) is 0 Å². The van der Waals surface area contributed by atoms with Crippen LogP contribution in [0.5, 0.6) is 0 Å². The highest BCUT2D eigenvalue weighted by atomic mass is 19.1. The number of hydrogen-bond acceptors (Lipinski definition) is 5. The number of rotatable bonds is 8. The van der Waals surface area contributed by atoms with E-state index in [1.807, 2.05) is 24.3 Å². The zero-order valence-electron chi connectivity index (χ0n) is 17.5. The van der Waals surface area contributed by atoms with Crippen LogP contribution in [-0.4, -0.2) is 27.5 Å². The largest absolute Gasteiger partial charge is 0.330 e. The zero-order chi connectivity index (χ0) is 22.5. The molecule has 0 amide bonds. The molecule has 0 radical (unpaired) electrons. The van der Waals surface area contributed by atoms with Crippen LogP contribution in [0.2, 0.25) is 0 Å². The standard InChI is InChI=1S/C24H24FN5O2/c25-13-16-2-8-19(9-3-16)21-12-22(31)30-15-20(23(32)29-24(30)28-21)18-6-4-17(5-7-18)14-27-11-1-10-26/h2-9,12,15,27H,1,10-11,13-14,26H2,(H,28,29,32). The number of fused-ring (bicyclic) bond motifs is 1. The molecule has 8 heteroatoms. The van der Waals surface area contributed by atoms with Crippen LogP contribution in [0, 0.1) is 0 Å². The van der Waals surface area contributed by atoms with Gasteiger partial charge in [0.25, 0.3) is 11.1 Å². The molecule has 0 aliphatic rings. The van der Waals surface area contributed by atoms with Gasteiger partial charge in [0.1, 0.15) is 6.67 Å². The molecule has 0 fully saturated rings. The molecule has 4 aromatic rings. The molecular weight excluding hydrogens is 409 g/mol. The first kappa shape index (κ1) is 21.6. The summed E-state index contributed by atoms with van der Waals surface area (Å²) in [6.07, 6.45) is 2.42. The SMILES string of the molecule is NCCCNCc1ccc(-c2cn3c(=O)cc(-c4ccc(CF)cc4)[nH]c3nc2=O)cc1. The van der Waals surface area contributed by atoms with Crippen LogP contribution in [0.1, 0.15) is 17.5 Å². The molecule has 4 rings (SSSR count). The van der Waals surface area contributed by atoms with Crippen molar-refractivity contribution in [2.75, 3.05) is 13.1 Å². The summed E-state index contributed by atoms with van der Waals surface area (Å²) in [5, 5.41) is 3.31. The number of nitrogens with zero attached hydrogens (tertiary/aromatic N) is 2. The lowest BCUT2D eigenvalue weighted by molar-refractivity contribution is 0.485. The fraction of sp³-hybridized carbons (Fsp3) is 0.208. The van der Waals surface area contributed by atoms with E-state index in [2.05, 4.69) is 15.3 Å². The predicted molar refractivity (Wildman–Crippen MR) is 123 cm³/mol. The smallest absolute Gasteiger partial charge is 0.282 e. The summed E-state index contributed by atoms with van der Waals surface area (Å²) in [4.78, 5) is 32.6. The van der Waals surface area contributed by atoms with E-state index in [0.717, 1.165) is 18.5 Å². The highest BCUT2D eigenvalue weighted by Gasteiger charge is 2.10. The van der Waals surface area contributed by atoms with Crippen LogP contribution in [0.15, 0.2) is 70.4 Å². The van der Waals surface area contributed by atoms with Gasteiger partial charge in [0.05, 0.1) is 11.3 Å². The minimum absolute atomic E-state index is 0.150. The van der Waals surface area contributed by atoms with Crippen molar-refractivity contribution in [2.45, 2.75) is 19.6 Å². The summed E-state index contributed by atoms with van der Waals surface area (Å²) in [5.74, 6) is 0.150. The third-order valence-electron chi connectivity index (χ3n) is 5.25. The zero-order valence-corrected chi connectivity index (χ0v) is 17.5. The second-order valence-corrected chi connectivity index (χ2v) is 7.52. The second-order valence-electron chi connectivity index (χ2n) is 7.52. The fourth-order valence-corrected chi connectivity index (χ4v) is 3.45. The highest BCUT2D eigenvalue weighted by molar-refractivity contribution is 5.64. The molecule has 2 aromatic heterocycles. The molecule has 0 unspecified atom stereocenters. The Morgan fingerprint density at radius 3 is 2.38 bits per heavy atom. The third kappa shape index (κ3) is 4.66. The molecular formula is C24H24FN5O2. The Hall–Kier alpha value is -3.62. The van der Waals surface area contributed by atoms with E-state index in [-0.39, 0.29) is 11.3 Å². The number of aromatic nitrogens is 3. The molecule has 0 spiro atoms. The van der Waals surface area contributed by atoms with Crippen molar-refractivity contribution < 1.29 is 4.39 Å². The number of benzene rings is 2. The lowest BCUT2D eigenvalue weighted by atomic mass is 10.1. The monoisotopic (exact) mass is 433 g/mol. The Bertz CT molecular complexity index is 1330. The molecule has 164 valence electrons. The highest BCUT2D eigenvalue weighted by Crippen LogP contribution is 2.19. The maximum absolute atomic E-state index is 12.7. The van der Waals surface area contributed by atoms with E-state index in [9.17, 15) is 14.0 Å². The van der Waals surface area contributed by atoms with Crippen LogP contribution in [0.25, 0.3) is 28.2 Å². The Morgan fingerprint density at radius 2 is 1.69 bits per heavy atom. The van der Waals surface area contributed by atoms with E-state index in [0.29, 0.717) is 41.0 Å². The molecule has 0 aliphatic carbocycles. The van der Waals surface area contributed by atoms with Gasteiger partial charge in [0, 0.05) is 18.8 Å². The molecule has 0 saturated heterocycles. The Balaban J connectivity index is 1.64. The molecule has 0 bridgehead atoms. The van der Waals surface area contributed by atoms with Crippen molar-refractivity contribution in [1.29, 1.82) is 0 Å². The van der Waals surface area contributed by atoms with Gasteiger partial charge in [-0.1, -0.05) is 48.5 Å². The van der Waals surface area contributed by atoms with Gasteiger partial charge in [-0.2, -0.15) is 4.98 Å². The quantitative estimate of drug-likeness (QED) is 0.371. The predicted octanol–water partition coefficient (Wildman–Crippen LogP) is 2.62. The second kappa shape index (κ2) is 9.67. The van der Waals surface area contributed by atoms with Gasteiger partial charge in [-0.3, -0.25) is 14.0 Å². The van der Waals surface area contributed by atoms with Crippen LogP contribution in [0.4, 0.5) is 4.39 Å². The molecule has 32 heavy (non-hydrogen) atoms. The molecule has 0 aliphatic heterocycles. The summed E-state index contributed by atoms with van der Waals surface area (Å²) in [7, 11) is 0. The van der Waals surface area contributed by atoms with E-state index in [4.69, 9.17) is 5.73 Å². The lowest BCUT2D eigenvalue weighted by Gasteiger charge is -2.08. The van der Waals surface area contributed by atoms with E-state index in [1.165, 1.54) is 16.7 Å². The number of aromatic amines is 1. The van der Waals surface area contributed by atoms with Crippen LogP contribution in [-0.2, 0) is 13.2 Å². The number of nitrogens with two attached hydrogens (primary N) is 1. The molecule has 0 saturated carbocycles. The summed E-state index contributed by atoms with van der Waals surface area (Å²) in [6.45, 7) is 1.65. The molecule has 7 nitrogen and oxygen atoms in total. The first-order valence-corrected chi connectivity index (χ1v) is 10.4. The van der Waals surface area contributed by atoms with Gasteiger partial charge in [-0.05, 0) is 41.8 Å². The van der Waals surface area contributed by atoms with Crippen LogP contribution < -0.4 is 22.2 Å². The van der Waals surface area contributed by atoms with Gasteiger partial charge in [0.2, 0.25) is 5.78 Å². The van der Waals surface area contributed by atoms with Crippen molar-refractivity contribution in [2.24, 2.45) is 5.73 Å². The Labute approximate surface area is 183 Å². The van der Waals surface area contributed by atoms with E-state index >= 15 is 0 Å². The third-order valence-corrected chi connectivity index (χ3v) is 5.25. The summed E-state index contributed by atoms with van der Waals surface area (Å²) < 4.78 is 14.1. The lowest BCUT2D eigenvalue weighted by Crippen LogP contribution is -2.21. The average molecular weight is 433 g/mol. The van der Waals surface area contributed by atoms with Gasteiger partial charge in [-0.25, -0.2) is 4.39 Å². The van der Waals surface area contributed by atoms with Crippen LogP contribution >= 0.6 is 0 Å². The van der Waals surface area contributed by atoms with E-state index in [1.54, 1.807) is 24.3 Å². The van der Waals surface area contributed by atoms with Crippen LogP contribution in [0.3, 0.4) is 0 Å². The number of halogens is 1. The van der Waals surface area contributed by atoms with Gasteiger partial charge < -0.3 is 16.0 Å². The number of nitrogens with one attached hydrogen (secondary N) is 2. The topological polar surface area (TPSA) is 105 Å². The van der Waals surface area contributed by atoms with E-state index < -0.39 is 12.2 Å². The molecule has 2 heterocycles. The first-order chi connectivity index (χ1) is 15.6. The average Bonchev–Trinajstić information content (AvgIpc) is 2.82. The number of alkyl halides is 1. The Kier molecular flexibility index (Phi) is 6.53. The normalized spacial score (nSPS) is 11.2. The number of H-pyrrole nitrogens is 1. The van der Waals surface area contributed by atoms with Crippen molar-refractivity contribution in [1.82, 2.24) is 19.7 Å². The Morgan fingerprint density at radius 1 is 1.00 bits per heavy atom. The van der Waals surface area contributed by atoms with Crippen molar-refractivity contribution >= 4 is 5.78 Å². The fourth-order valence-electron chi connectivity index (χ4n) is 3.45. The maximum atomic E-state index is 12.7. The van der Waals surface area contributed by atoms with Crippen molar-refractivity contribution in [3.05, 3.63) is 92.6 Å². The summed E-state index contributed by atoms with van der Waals surface area (Å²) >= 11 is 0.